The first-order valence-corrected chi connectivity index (χ1v) is 10.3. The number of rotatable bonds is 9. The average Bonchev–Trinajstić information content (AvgIpc) is 2.58. The fourth-order valence-electron chi connectivity index (χ4n) is 3.15. The zero-order valence-corrected chi connectivity index (χ0v) is 17.7. The Kier molecular flexibility index (Phi) is 10.4. The van der Waals surface area contributed by atoms with Gasteiger partial charge in [0.1, 0.15) is 0 Å². The van der Waals surface area contributed by atoms with Gasteiger partial charge < -0.3 is 20.4 Å². The third kappa shape index (κ3) is 10.7. The van der Waals surface area contributed by atoms with E-state index in [1.54, 1.807) is 0 Å². The monoisotopic (exact) mass is 353 g/mol. The van der Waals surface area contributed by atoms with E-state index in [2.05, 4.69) is 60.0 Å². The van der Waals surface area contributed by atoms with E-state index in [0.29, 0.717) is 11.5 Å². The van der Waals surface area contributed by atoms with Gasteiger partial charge in [-0.3, -0.25) is 4.99 Å². The third-order valence-electron chi connectivity index (χ3n) is 5.04. The van der Waals surface area contributed by atoms with Gasteiger partial charge in [0.25, 0.3) is 0 Å². The molecule has 0 aromatic heterocycles. The van der Waals surface area contributed by atoms with Crippen LogP contribution in [0.3, 0.4) is 0 Å². The standard InChI is InChI=1S/C20H43N5/c1-7-24-14-16-25(17-15-24)13-9-8-12-22-19(21-6)23-18(2)10-11-20(3,4)5/h18H,7-17H2,1-6H3,(H2,21,22,23). The maximum atomic E-state index is 4.36. The van der Waals surface area contributed by atoms with Crippen molar-refractivity contribution in [2.24, 2.45) is 10.4 Å². The molecule has 0 aromatic rings. The van der Waals surface area contributed by atoms with Crippen molar-refractivity contribution in [3.8, 4) is 0 Å². The Morgan fingerprint density at radius 2 is 1.72 bits per heavy atom. The summed E-state index contributed by atoms with van der Waals surface area (Å²) in [7, 11) is 1.86. The van der Waals surface area contributed by atoms with E-state index in [1.165, 1.54) is 65.0 Å². The van der Waals surface area contributed by atoms with Gasteiger partial charge in [0.15, 0.2) is 5.96 Å². The van der Waals surface area contributed by atoms with Crippen molar-refractivity contribution < 1.29 is 0 Å². The van der Waals surface area contributed by atoms with Gasteiger partial charge in [-0.1, -0.05) is 27.7 Å². The highest BCUT2D eigenvalue weighted by atomic mass is 15.3. The number of nitrogens with zero attached hydrogens (tertiary/aromatic N) is 3. The van der Waals surface area contributed by atoms with Crippen molar-refractivity contribution in [3.05, 3.63) is 0 Å². The van der Waals surface area contributed by atoms with Crippen molar-refractivity contribution in [3.63, 3.8) is 0 Å². The Hall–Kier alpha value is -0.810. The molecule has 1 rings (SSSR count). The molecule has 1 fully saturated rings. The van der Waals surface area contributed by atoms with Gasteiger partial charge in [-0.05, 0) is 51.1 Å². The van der Waals surface area contributed by atoms with E-state index in [-0.39, 0.29) is 0 Å². The van der Waals surface area contributed by atoms with Crippen LogP contribution in [0.15, 0.2) is 4.99 Å². The van der Waals surface area contributed by atoms with E-state index in [1.807, 2.05) is 7.05 Å². The van der Waals surface area contributed by atoms with E-state index >= 15 is 0 Å². The SMILES string of the molecule is CCN1CCN(CCCCNC(=NC)NC(C)CCC(C)(C)C)CC1. The van der Waals surface area contributed by atoms with Gasteiger partial charge >= 0.3 is 0 Å². The largest absolute Gasteiger partial charge is 0.356 e. The smallest absolute Gasteiger partial charge is 0.191 e. The summed E-state index contributed by atoms with van der Waals surface area (Å²) in [6, 6.07) is 0.459. The van der Waals surface area contributed by atoms with E-state index in [4.69, 9.17) is 0 Å². The molecule has 1 heterocycles. The topological polar surface area (TPSA) is 42.9 Å². The predicted octanol–water partition coefficient (Wildman–Crippen LogP) is 2.78. The van der Waals surface area contributed by atoms with Gasteiger partial charge in [-0.15, -0.1) is 0 Å². The van der Waals surface area contributed by atoms with Crippen molar-refractivity contribution in [2.75, 3.05) is 52.9 Å². The summed E-state index contributed by atoms with van der Waals surface area (Å²) in [6.45, 7) is 19.8. The fourth-order valence-corrected chi connectivity index (χ4v) is 3.15. The molecule has 1 atom stereocenters. The molecule has 0 spiro atoms. The van der Waals surface area contributed by atoms with Gasteiger partial charge in [0.05, 0.1) is 0 Å². The van der Waals surface area contributed by atoms with Crippen LogP contribution in [0.2, 0.25) is 0 Å². The lowest BCUT2D eigenvalue weighted by Gasteiger charge is -2.34. The first-order chi connectivity index (χ1) is 11.8. The fraction of sp³-hybridized carbons (Fsp3) is 0.950. The van der Waals surface area contributed by atoms with Gasteiger partial charge in [-0.2, -0.15) is 0 Å². The molecule has 2 N–H and O–H groups in total. The second-order valence-corrected chi connectivity index (χ2v) is 8.63. The molecule has 5 heteroatoms. The minimum Gasteiger partial charge on any atom is -0.356 e. The maximum absolute atomic E-state index is 4.36. The van der Waals surface area contributed by atoms with Crippen LogP contribution in [-0.4, -0.2) is 74.7 Å². The van der Waals surface area contributed by atoms with E-state index in [9.17, 15) is 0 Å². The quantitative estimate of drug-likeness (QED) is 0.380. The van der Waals surface area contributed by atoms with Crippen LogP contribution in [0.5, 0.6) is 0 Å². The first kappa shape index (κ1) is 22.2. The zero-order valence-electron chi connectivity index (χ0n) is 17.7. The molecule has 0 amide bonds. The second kappa shape index (κ2) is 11.7. The predicted molar refractivity (Wildman–Crippen MR) is 110 cm³/mol. The van der Waals surface area contributed by atoms with Crippen molar-refractivity contribution in [1.82, 2.24) is 20.4 Å². The van der Waals surface area contributed by atoms with E-state index < -0.39 is 0 Å². The molecule has 1 saturated heterocycles. The number of aliphatic imine (C=N–C) groups is 1. The molecule has 0 saturated carbocycles. The summed E-state index contributed by atoms with van der Waals surface area (Å²) in [6.07, 6.45) is 4.86. The Bertz CT molecular complexity index is 367. The summed E-state index contributed by atoms with van der Waals surface area (Å²) >= 11 is 0. The van der Waals surface area contributed by atoms with Crippen LogP contribution in [0.25, 0.3) is 0 Å². The van der Waals surface area contributed by atoms with Crippen LogP contribution in [0.1, 0.15) is 60.3 Å². The number of likely N-dealkylation sites (N-methyl/N-ethyl adjacent to an activating group) is 1. The summed E-state index contributed by atoms with van der Waals surface area (Å²) in [4.78, 5) is 9.50. The maximum Gasteiger partial charge on any atom is 0.191 e. The number of unbranched alkanes of at least 4 members (excludes halogenated alkanes) is 1. The number of hydrogen-bond donors (Lipinski definition) is 2. The Balaban J connectivity index is 2.09. The highest BCUT2D eigenvalue weighted by molar-refractivity contribution is 5.79. The molecular formula is C20H43N5. The second-order valence-electron chi connectivity index (χ2n) is 8.63. The van der Waals surface area contributed by atoms with Crippen molar-refractivity contribution in [1.29, 1.82) is 0 Å². The minimum atomic E-state index is 0.398. The third-order valence-corrected chi connectivity index (χ3v) is 5.04. The highest BCUT2D eigenvalue weighted by Crippen LogP contribution is 2.21. The molecular weight excluding hydrogens is 310 g/mol. The molecule has 0 aliphatic carbocycles. The Morgan fingerprint density at radius 1 is 1.08 bits per heavy atom. The number of piperazine rings is 1. The molecule has 25 heavy (non-hydrogen) atoms. The molecule has 0 aromatic carbocycles. The lowest BCUT2D eigenvalue weighted by Crippen LogP contribution is -2.46. The van der Waals surface area contributed by atoms with Crippen molar-refractivity contribution in [2.45, 2.75) is 66.3 Å². The summed E-state index contributed by atoms with van der Waals surface area (Å²) in [5.74, 6) is 0.943. The molecule has 1 aliphatic rings. The Morgan fingerprint density at radius 3 is 2.28 bits per heavy atom. The lowest BCUT2D eigenvalue weighted by molar-refractivity contribution is 0.136. The van der Waals surface area contributed by atoms with Gasteiger partial charge in [0.2, 0.25) is 0 Å². The molecule has 1 aliphatic heterocycles. The molecule has 1 unspecified atom stereocenters. The molecule has 0 bridgehead atoms. The number of guanidine groups is 1. The minimum absolute atomic E-state index is 0.398. The van der Waals surface area contributed by atoms with Gasteiger partial charge in [-0.25, -0.2) is 0 Å². The van der Waals surface area contributed by atoms with Crippen LogP contribution in [0, 0.1) is 5.41 Å². The first-order valence-electron chi connectivity index (χ1n) is 10.3. The highest BCUT2D eigenvalue weighted by Gasteiger charge is 2.15. The van der Waals surface area contributed by atoms with E-state index in [0.717, 1.165) is 12.5 Å². The number of nitrogens with one attached hydrogen (secondary N) is 2. The number of hydrogen-bond acceptors (Lipinski definition) is 3. The van der Waals surface area contributed by atoms with Crippen molar-refractivity contribution >= 4 is 5.96 Å². The summed E-state index contributed by atoms with van der Waals surface area (Å²) in [5, 5.41) is 6.98. The molecule has 5 nitrogen and oxygen atoms in total. The molecule has 148 valence electrons. The Labute approximate surface area is 156 Å². The lowest BCUT2D eigenvalue weighted by atomic mass is 9.89. The summed E-state index contributed by atoms with van der Waals surface area (Å²) < 4.78 is 0. The van der Waals surface area contributed by atoms with Crippen LogP contribution >= 0.6 is 0 Å². The zero-order chi connectivity index (χ0) is 18.7. The normalized spacial score (nSPS) is 19.0. The summed E-state index contributed by atoms with van der Waals surface area (Å²) in [5.41, 5.74) is 0.398. The van der Waals surface area contributed by atoms with Crippen LogP contribution in [0.4, 0.5) is 0 Å². The molecule has 0 radical (unpaired) electrons. The average molecular weight is 354 g/mol. The van der Waals surface area contributed by atoms with Crippen LogP contribution < -0.4 is 10.6 Å². The van der Waals surface area contributed by atoms with Gasteiger partial charge in [0, 0.05) is 45.8 Å². The van der Waals surface area contributed by atoms with Crippen LogP contribution in [-0.2, 0) is 0 Å².